The van der Waals surface area contributed by atoms with Crippen molar-refractivity contribution in [2.75, 3.05) is 19.7 Å². The molecule has 0 aromatic rings. The average Bonchev–Trinajstić information content (AvgIpc) is 2.48. The Balaban J connectivity index is 1.52. The lowest BCUT2D eigenvalue weighted by Crippen LogP contribution is -2.47. The van der Waals surface area contributed by atoms with E-state index in [1.165, 1.54) is 38.5 Å². The predicted molar refractivity (Wildman–Crippen MR) is 80.9 cm³/mol. The molecule has 4 nitrogen and oxygen atoms in total. The van der Waals surface area contributed by atoms with Crippen molar-refractivity contribution in [2.24, 2.45) is 0 Å². The molecule has 0 radical (unpaired) electrons. The van der Waals surface area contributed by atoms with Gasteiger partial charge in [-0.1, -0.05) is 19.3 Å². The maximum absolute atomic E-state index is 12.0. The molecule has 1 aliphatic heterocycles. The Hall–Kier alpha value is -0.770. The quantitative estimate of drug-likeness (QED) is 0.786. The number of amides is 2. The fourth-order valence-corrected chi connectivity index (χ4v) is 3.25. The van der Waals surface area contributed by atoms with Gasteiger partial charge in [0.05, 0.1) is 6.10 Å². The lowest BCUT2D eigenvalue weighted by molar-refractivity contribution is 0.0274. The van der Waals surface area contributed by atoms with Gasteiger partial charge in [-0.3, -0.25) is 0 Å². The summed E-state index contributed by atoms with van der Waals surface area (Å²) in [4.78, 5) is 14.0. The number of nitrogens with one attached hydrogen (secondary N) is 1. The monoisotopic (exact) mass is 282 g/mol. The number of hydrogen-bond donors (Lipinski definition) is 1. The van der Waals surface area contributed by atoms with Crippen LogP contribution in [0.1, 0.15) is 64.7 Å². The van der Waals surface area contributed by atoms with Crippen LogP contribution in [0, 0.1) is 0 Å². The highest BCUT2D eigenvalue weighted by molar-refractivity contribution is 5.74. The lowest BCUT2D eigenvalue weighted by atomic mass is 9.98. The minimum absolute atomic E-state index is 0.106. The van der Waals surface area contributed by atoms with Crippen molar-refractivity contribution in [2.45, 2.75) is 76.9 Å². The van der Waals surface area contributed by atoms with Crippen LogP contribution in [0.2, 0.25) is 0 Å². The van der Waals surface area contributed by atoms with E-state index in [1.807, 2.05) is 4.90 Å². The number of carbonyl (C=O) groups excluding carboxylic acids is 1. The summed E-state index contributed by atoms with van der Waals surface area (Å²) in [5.41, 5.74) is 0. The number of rotatable bonds is 5. The van der Waals surface area contributed by atoms with Gasteiger partial charge in [-0.2, -0.15) is 0 Å². The van der Waals surface area contributed by atoms with Crippen LogP contribution in [0.3, 0.4) is 0 Å². The molecule has 1 unspecified atom stereocenters. The molecule has 1 aliphatic carbocycles. The van der Waals surface area contributed by atoms with Gasteiger partial charge in [-0.25, -0.2) is 4.79 Å². The number of nitrogens with zero attached hydrogens (tertiary/aromatic N) is 1. The van der Waals surface area contributed by atoms with Gasteiger partial charge in [0, 0.05) is 25.7 Å². The van der Waals surface area contributed by atoms with Gasteiger partial charge in [-0.15, -0.1) is 0 Å². The van der Waals surface area contributed by atoms with Crippen LogP contribution in [0.15, 0.2) is 0 Å². The molecule has 0 spiro atoms. The molecular formula is C16H30N2O2. The van der Waals surface area contributed by atoms with E-state index in [-0.39, 0.29) is 6.03 Å². The summed E-state index contributed by atoms with van der Waals surface area (Å²) in [6.45, 7) is 4.56. The molecule has 1 atom stereocenters. The summed E-state index contributed by atoms with van der Waals surface area (Å²) in [7, 11) is 0. The van der Waals surface area contributed by atoms with Crippen molar-refractivity contribution in [3.8, 4) is 0 Å². The smallest absolute Gasteiger partial charge is 0.317 e. The lowest BCUT2D eigenvalue weighted by Gasteiger charge is -2.33. The normalized spacial score (nSPS) is 24.6. The highest BCUT2D eigenvalue weighted by Crippen LogP contribution is 2.20. The van der Waals surface area contributed by atoms with Crippen LogP contribution in [0.5, 0.6) is 0 Å². The number of ether oxygens (including phenoxy) is 1. The molecule has 2 rings (SSSR count). The van der Waals surface area contributed by atoms with Crippen molar-refractivity contribution in [1.82, 2.24) is 10.2 Å². The van der Waals surface area contributed by atoms with Gasteiger partial charge in [0.15, 0.2) is 0 Å². The summed E-state index contributed by atoms with van der Waals surface area (Å²) >= 11 is 0. The summed E-state index contributed by atoms with van der Waals surface area (Å²) < 4.78 is 5.87. The van der Waals surface area contributed by atoms with Gasteiger partial charge in [0.1, 0.15) is 0 Å². The van der Waals surface area contributed by atoms with E-state index < -0.39 is 0 Å². The molecule has 1 saturated carbocycles. The van der Waals surface area contributed by atoms with E-state index in [0.29, 0.717) is 12.1 Å². The number of urea groups is 1. The minimum Gasteiger partial charge on any atom is -0.378 e. The second kappa shape index (κ2) is 8.50. The predicted octanol–water partition coefficient (Wildman–Crippen LogP) is 3.31. The summed E-state index contributed by atoms with van der Waals surface area (Å²) in [5, 5.41) is 3.03. The Morgan fingerprint density at radius 3 is 2.65 bits per heavy atom. The third kappa shape index (κ3) is 4.97. The Labute approximate surface area is 123 Å². The zero-order chi connectivity index (χ0) is 14.2. The topological polar surface area (TPSA) is 41.6 Å². The Morgan fingerprint density at radius 1 is 1.15 bits per heavy atom. The fraction of sp³-hybridized carbons (Fsp3) is 0.938. The zero-order valence-corrected chi connectivity index (χ0v) is 12.9. The van der Waals surface area contributed by atoms with E-state index >= 15 is 0 Å². The molecule has 116 valence electrons. The highest BCUT2D eigenvalue weighted by atomic mass is 16.5. The molecular weight excluding hydrogens is 252 g/mol. The van der Waals surface area contributed by atoms with E-state index in [9.17, 15) is 4.79 Å². The van der Waals surface area contributed by atoms with E-state index in [2.05, 4.69) is 12.2 Å². The molecule has 0 bridgehead atoms. The maximum Gasteiger partial charge on any atom is 0.317 e. The Morgan fingerprint density at radius 2 is 1.90 bits per heavy atom. The minimum atomic E-state index is 0.106. The van der Waals surface area contributed by atoms with Gasteiger partial charge < -0.3 is 15.0 Å². The number of hydrogen-bond acceptors (Lipinski definition) is 2. The second-order valence-corrected chi connectivity index (χ2v) is 6.25. The van der Waals surface area contributed by atoms with E-state index in [0.717, 1.165) is 39.0 Å². The standard InChI is InChI=1S/C16H30N2O2/c1-14-8-5-6-12-18(14)16(19)17-11-7-13-20-15-9-3-2-4-10-15/h14-15H,2-13H2,1H3,(H,17,19). The van der Waals surface area contributed by atoms with Crippen molar-refractivity contribution in [1.29, 1.82) is 0 Å². The summed E-state index contributed by atoms with van der Waals surface area (Å²) in [6, 6.07) is 0.497. The zero-order valence-electron chi connectivity index (χ0n) is 12.9. The molecule has 20 heavy (non-hydrogen) atoms. The molecule has 1 saturated heterocycles. The van der Waals surface area contributed by atoms with Crippen LogP contribution >= 0.6 is 0 Å². The second-order valence-electron chi connectivity index (χ2n) is 6.25. The first-order chi connectivity index (χ1) is 9.77. The third-order valence-corrected chi connectivity index (χ3v) is 4.57. The Bertz CT molecular complexity index is 290. The van der Waals surface area contributed by atoms with Crippen molar-refractivity contribution < 1.29 is 9.53 Å². The van der Waals surface area contributed by atoms with Crippen LogP contribution in [0.25, 0.3) is 0 Å². The van der Waals surface area contributed by atoms with Crippen LogP contribution in [-0.4, -0.2) is 42.8 Å². The number of piperidine rings is 1. The van der Waals surface area contributed by atoms with Crippen molar-refractivity contribution in [3.63, 3.8) is 0 Å². The average molecular weight is 282 g/mol. The van der Waals surface area contributed by atoms with Crippen molar-refractivity contribution in [3.05, 3.63) is 0 Å². The largest absolute Gasteiger partial charge is 0.378 e. The fourth-order valence-electron chi connectivity index (χ4n) is 3.25. The molecule has 0 aromatic heterocycles. The first-order valence-electron chi connectivity index (χ1n) is 8.43. The Kier molecular flexibility index (Phi) is 6.64. The summed E-state index contributed by atoms with van der Waals surface area (Å²) in [6.07, 6.45) is 11.4. The highest BCUT2D eigenvalue weighted by Gasteiger charge is 2.22. The molecule has 1 N–H and O–H groups in total. The number of carbonyl (C=O) groups is 1. The number of likely N-dealkylation sites (tertiary alicyclic amines) is 1. The van der Waals surface area contributed by atoms with Gasteiger partial charge in [-0.05, 0) is 45.4 Å². The molecule has 2 amide bonds. The SMILES string of the molecule is CC1CCCCN1C(=O)NCCCOC1CCCCC1. The molecule has 2 aliphatic rings. The summed E-state index contributed by atoms with van der Waals surface area (Å²) in [5.74, 6) is 0. The third-order valence-electron chi connectivity index (χ3n) is 4.57. The van der Waals surface area contributed by atoms with E-state index in [4.69, 9.17) is 4.74 Å². The van der Waals surface area contributed by atoms with Gasteiger partial charge in [0.25, 0.3) is 0 Å². The first-order valence-corrected chi connectivity index (χ1v) is 8.43. The van der Waals surface area contributed by atoms with Crippen molar-refractivity contribution >= 4 is 6.03 Å². The van der Waals surface area contributed by atoms with Gasteiger partial charge >= 0.3 is 6.03 Å². The van der Waals surface area contributed by atoms with Crippen LogP contribution in [-0.2, 0) is 4.74 Å². The van der Waals surface area contributed by atoms with Crippen LogP contribution in [0.4, 0.5) is 4.79 Å². The maximum atomic E-state index is 12.0. The van der Waals surface area contributed by atoms with E-state index in [1.54, 1.807) is 0 Å². The molecule has 4 heteroatoms. The van der Waals surface area contributed by atoms with Crippen LogP contribution < -0.4 is 5.32 Å². The van der Waals surface area contributed by atoms with Gasteiger partial charge in [0.2, 0.25) is 0 Å². The molecule has 0 aromatic carbocycles. The molecule has 1 heterocycles. The first kappa shape index (κ1) is 15.6. The molecule has 2 fully saturated rings.